The average Bonchev–Trinajstić information content (AvgIpc) is 2.12. The van der Waals surface area contributed by atoms with Gasteiger partial charge < -0.3 is 5.32 Å². The molecular weight excluding hydrogens is 160 g/mol. The monoisotopic (exact) mass is 184 g/mol. The van der Waals surface area contributed by atoms with E-state index in [0.717, 1.165) is 19.6 Å². The normalized spacial score (nSPS) is 12.1. The molecule has 0 fully saturated rings. The van der Waals surface area contributed by atoms with Crippen LogP contribution in [0, 0.1) is 0 Å². The SMILES string of the molecule is C=CCNCCN(C)C(C)(C)CC. The van der Waals surface area contributed by atoms with Gasteiger partial charge in [0.2, 0.25) is 0 Å². The molecule has 0 heterocycles. The smallest absolute Gasteiger partial charge is 0.0148 e. The number of nitrogens with one attached hydrogen (secondary N) is 1. The summed E-state index contributed by atoms with van der Waals surface area (Å²) in [5.41, 5.74) is 0.315. The van der Waals surface area contributed by atoms with Crippen LogP contribution in [0.3, 0.4) is 0 Å². The molecule has 0 spiro atoms. The van der Waals surface area contributed by atoms with Crippen LogP contribution in [-0.2, 0) is 0 Å². The highest BCUT2D eigenvalue weighted by molar-refractivity contribution is 4.78. The highest BCUT2D eigenvalue weighted by Gasteiger charge is 2.19. The maximum absolute atomic E-state index is 3.67. The van der Waals surface area contributed by atoms with Crippen molar-refractivity contribution in [3.05, 3.63) is 12.7 Å². The zero-order chi connectivity index (χ0) is 10.3. The van der Waals surface area contributed by atoms with Crippen molar-refractivity contribution in [2.75, 3.05) is 26.7 Å². The molecule has 0 aromatic carbocycles. The van der Waals surface area contributed by atoms with Crippen molar-refractivity contribution in [3.63, 3.8) is 0 Å². The van der Waals surface area contributed by atoms with Gasteiger partial charge in [-0.05, 0) is 27.3 Å². The molecule has 0 amide bonds. The van der Waals surface area contributed by atoms with Gasteiger partial charge in [-0.3, -0.25) is 4.90 Å². The molecule has 0 unspecified atom stereocenters. The average molecular weight is 184 g/mol. The largest absolute Gasteiger partial charge is 0.312 e. The van der Waals surface area contributed by atoms with Gasteiger partial charge in [0, 0.05) is 25.2 Å². The molecule has 2 heteroatoms. The lowest BCUT2D eigenvalue weighted by atomic mass is 10.0. The van der Waals surface area contributed by atoms with Crippen LogP contribution in [0.1, 0.15) is 27.2 Å². The summed E-state index contributed by atoms with van der Waals surface area (Å²) in [6.07, 6.45) is 3.08. The summed E-state index contributed by atoms with van der Waals surface area (Å²) in [6.45, 7) is 13.5. The Hall–Kier alpha value is -0.340. The van der Waals surface area contributed by atoms with Gasteiger partial charge in [0.15, 0.2) is 0 Å². The molecule has 0 aliphatic rings. The Morgan fingerprint density at radius 2 is 2.08 bits per heavy atom. The lowest BCUT2D eigenvalue weighted by Crippen LogP contribution is -2.43. The molecule has 0 aromatic heterocycles. The number of likely N-dealkylation sites (N-methyl/N-ethyl adjacent to an activating group) is 1. The van der Waals surface area contributed by atoms with Crippen molar-refractivity contribution >= 4 is 0 Å². The first-order valence-electron chi connectivity index (χ1n) is 5.07. The standard InChI is InChI=1S/C11H24N2/c1-6-8-12-9-10-13(5)11(3,4)7-2/h6,12H,1,7-10H2,2-5H3. The first-order chi connectivity index (χ1) is 6.04. The summed E-state index contributed by atoms with van der Waals surface area (Å²) in [5, 5.41) is 3.30. The second kappa shape index (κ2) is 6.17. The van der Waals surface area contributed by atoms with Crippen molar-refractivity contribution in [2.24, 2.45) is 0 Å². The van der Waals surface area contributed by atoms with Gasteiger partial charge in [-0.15, -0.1) is 6.58 Å². The van der Waals surface area contributed by atoms with Crippen LogP contribution in [0.5, 0.6) is 0 Å². The van der Waals surface area contributed by atoms with E-state index in [9.17, 15) is 0 Å². The van der Waals surface area contributed by atoms with E-state index in [-0.39, 0.29) is 0 Å². The van der Waals surface area contributed by atoms with Gasteiger partial charge in [-0.2, -0.15) is 0 Å². The fourth-order valence-corrected chi connectivity index (χ4v) is 1.02. The minimum absolute atomic E-state index is 0.315. The summed E-state index contributed by atoms with van der Waals surface area (Å²) in [5.74, 6) is 0. The van der Waals surface area contributed by atoms with Gasteiger partial charge in [0.1, 0.15) is 0 Å². The third-order valence-electron chi connectivity index (χ3n) is 2.81. The van der Waals surface area contributed by atoms with Gasteiger partial charge in [-0.25, -0.2) is 0 Å². The van der Waals surface area contributed by atoms with Crippen LogP contribution in [0.25, 0.3) is 0 Å². The molecule has 1 N–H and O–H groups in total. The van der Waals surface area contributed by atoms with Crippen molar-refractivity contribution < 1.29 is 0 Å². The second-order valence-electron chi connectivity index (χ2n) is 4.08. The van der Waals surface area contributed by atoms with Gasteiger partial charge in [-0.1, -0.05) is 13.0 Å². The number of nitrogens with zero attached hydrogens (tertiary/aromatic N) is 1. The molecule has 0 rings (SSSR count). The van der Waals surface area contributed by atoms with Crippen LogP contribution in [0.15, 0.2) is 12.7 Å². The van der Waals surface area contributed by atoms with Crippen molar-refractivity contribution in [2.45, 2.75) is 32.7 Å². The van der Waals surface area contributed by atoms with E-state index in [1.54, 1.807) is 0 Å². The zero-order valence-corrected chi connectivity index (χ0v) is 9.56. The highest BCUT2D eigenvalue weighted by atomic mass is 15.2. The van der Waals surface area contributed by atoms with E-state index >= 15 is 0 Å². The Bertz CT molecular complexity index is 141. The second-order valence-corrected chi connectivity index (χ2v) is 4.08. The van der Waals surface area contributed by atoms with Gasteiger partial charge in [0.05, 0.1) is 0 Å². The first-order valence-corrected chi connectivity index (χ1v) is 5.07. The highest BCUT2D eigenvalue weighted by Crippen LogP contribution is 2.14. The molecule has 0 saturated carbocycles. The molecule has 0 aromatic rings. The Balaban J connectivity index is 3.61. The van der Waals surface area contributed by atoms with E-state index in [0.29, 0.717) is 5.54 Å². The van der Waals surface area contributed by atoms with E-state index in [4.69, 9.17) is 0 Å². The predicted octanol–water partition coefficient (Wildman–Crippen LogP) is 1.88. The topological polar surface area (TPSA) is 15.3 Å². The molecule has 78 valence electrons. The van der Waals surface area contributed by atoms with Crippen molar-refractivity contribution in [1.29, 1.82) is 0 Å². The van der Waals surface area contributed by atoms with Crippen LogP contribution in [-0.4, -0.2) is 37.1 Å². The van der Waals surface area contributed by atoms with Crippen LogP contribution in [0.2, 0.25) is 0 Å². The van der Waals surface area contributed by atoms with E-state index in [1.165, 1.54) is 6.42 Å². The molecule has 0 saturated heterocycles. The predicted molar refractivity (Wildman–Crippen MR) is 60.1 cm³/mol. The fourth-order valence-electron chi connectivity index (χ4n) is 1.02. The fraction of sp³-hybridized carbons (Fsp3) is 0.818. The first kappa shape index (κ1) is 12.7. The molecule has 0 radical (unpaired) electrons. The van der Waals surface area contributed by atoms with Crippen molar-refractivity contribution in [3.8, 4) is 0 Å². The summed E-state index contributed by atoms with van der Waals surface area (Å²) >= 11 is 0. The van der Waals surface area contributed by atoms with E-state index < -0.39 is 0 Å². The van der Waals surface area contributed by atoms with E-state index in [2.05, 4.69) is 44.6 Å². The third-order valence-corrected chi connectivity index (χ3v) is 2.81. The minimum Gasteiger partial charge on any atom is -0.312 e. The lowest BCUT2D eigenvalue weighted by Gasteiger charge is -2.34. The molecule has 2 nitrogen and oxygen atoms in total. The third kappa shape index (κ3) is 5.06. The molecule has 13 heavy (non-hydrogen) atoms. The molecule has 0 aliphatic heterocycles. The molecule has 0 aliphatic carbocycles. The van der Waals surface area contributed by atoms with Crippen LogP contribution >= 0.6 is 0 Å². The van der Waals surface area contributed by atoms with Gasteiger partial charge in [0.25, 0.3) is 0 Å². The van der Waals surface area contributed by atoms with Crippen molar-refractivity contribution in [1.82, 2.24) is 10.2 Å². The Labute approximate surface area is 83.0 Å². The summed E-state index contributed by atoms with van der Waals surface area (Å²) < 4.78 is 0. The van der Waals surface area contributed by atoms with Gasteiger partial charge >= 0.3 is 0 Å². The quantitative estimate of drug-likeness (QED) is 0.480. The minimum atomic E-state index is 0.315. The number of rotatable bonds is 7. The summed E-state index contributed by atoms with van der Waals surface area (Å²) in [4.78, 5) is 2.39. The number of hydrogen-bond acceptors (Lipinski definition) is 2. The Morgan fingerprint density at radius 3 is 2.54 bits per heavy atom. The van der Waals surface area contributed by atoms with Crippen LogP contribution < -0.4 is 5.32 Å². The van der Waals surface area contributed by atoms with Crippen LogP contribution in [0.4, 0.5) is 0 Å². The Kier molecular flexibility index (Phi) is 6.00. The number of hydrogen-bond donors (Lipinski definition) is 1. The molecule has 0 atom stereocenters. The molecular formula is C11H24N2. The Morgan fingerprint density at radius 1 is 1.46 bits per heavy atom. The summed E-state index contributed by atoms with van der Waals surface area (Å²) in [7, 11) is 2.18. The maximum atomic E-state index is 3.67. The maximum Gasteiger partial charge on any atom is 0.0148 e. The lowest BCUT2D eigenvalue weighted by molar-refractivity contribution is 0.152. The summed E-state index contributed by atoms with van der Waals surface area (Å²) in [6, 6.07) is 0. The zero-order valence-electron chi connectivity index (χ0n) is 9.56. The molecule has 0 bridgehead atoms. The van der Waals surface area contributed by atoms with E-state index in [1.807, 2.05) is 6.08 Å².